The van der Waals surface area contributed by atoms with Gasteiger partial charge in [-0.25, -0.2) is 0 Å². The Hall–Kier alpha value is -2.41. The molecular weight excluding hydrogens is 332 g/mol. The van der Waals surface area contributed by atoms with Gasteiger partial charge in [0.1, 0.15) is 6.10 Å². The Labute approximate surface area is 151 Å². The predicted molar refractivity (Wildman–Crippen MR) is 94.1 cm³/mol. The minimum absolute atomic E-state index is 0.0173. The van der Waals surface area contributed by atoms with Crippen molar-refractivity contribution in [3.05, 3.63) is 41.0 Å². The van der Waals surface area contributed by atoms with Crippen molar-refractivity contribution < 1.29 is 14.1 Å². The maximum absolute atomic E-state index is 12.4. The lowest BCUT2D eigenvalue weighted by molar-refractivity contribution is 0.0262. The fourth-order valence-corrected chi connectivity index (χ4v) is 3.68. The first-order valence-corrected chi connectivity index (χ1v) is 9.40. The normalized spacial score (nSPS) is 24.3. The number of anilines is 1. The monoisotopic (exact) mass is 354 g/mol. The molecule has 3 heterocycles. The molecular formula is C19H22N4O3. The number of aromatic nitrogens is 2. The molecule has 5 rings (SSSR count). The molecule has 2 aromatic rings. The SMILES string of the molecule is O=C(NC[C@@H]1CC[C@H](c2nc(C3CC3)no2)O1)c1ccc2c(c1)CCN2. The van der Waals surface area contributed by atoms with Crippen LogP contribution in [0, 0.1) is 0 Å². The van der Waals surface area contributed by atoms with E-state index in [-0.39, 0.29) is 18.1 Å². The number of carbonyl (C=O) groups is 1. The highest BCUT2D eigenvalue weighted by molar-refractivity contribution is 5.95. The zero-order valence-electron chi connectivity index (χ0n) is 14.5. The first-order chi connectivity index (χ1) is 12.8. The third-order valence-corrected chi connectivity index (χ3v) is 5.35. The summed E-state index contributed by atoms with van der Waals surface area (Å²) in [6, 6.07) is 5.82. The van der Waals surface area contributed by atoms with Gasteiger partial charge in [0, 0.05) is 30.3 Å². The lowest BCUT2D eigenvalue weighted by atomic mass is 10.1. The number of ether oxygens (including phenoxy) is 1. The largest absolute Gasteiger partial charge is 0.384 e. The number of amides is 1. The summed E-state index contributed by atoms with van der Waals surface area (Å²) in [7, 11) is 0. The van der Waals surface area contributed by atoms with Crippen LogP contribution in [-0.2, 0) is 11.2 Å². The van der Waals surface area contributed by atoms with Crippen molar-refractivity contribution >= 4 is 11.6 Å². The van der Waals surface area contributed by atoms with Crippen molar-refractivity contribution in [3.63, 3.8) is 0 Å². The molecule has 2 N–H and O–H groups in total. The van der Waals surface area contributed by atoms with Crippen molar-refractivity contribution in [1.29, 1.82) is 0 Å². The Balaban J connectivity index is 1.15. The number of nitrogens with one attached hydrogen (secondary N) is 2. The van der Waals surface area contributed by atoms with Gasteiger partial charge in [0.25, 0.3) is 11.8 Å². The molecule has 1 aliphatic carbocycles. The van der Waals surface area contributed by atoms with Gasteiger partial charge < -0.3 is 19.9 Å². The Bertz CT molecular complexity index is 830. The molecule has 0 spiro atoms. The number of nitrogens with zero attached hydrogens (tertiary/aromatic N) is 2. The summed E-state index contributed by atoms with van der Waals surface area (Å²) in [5.74, 6) is 1.81. The Morgan fingerprint density at radius 3 is 3.08 bits per heavy atom. The number of benzene rings is 1. The second-order valence-corrected chi connectivity index (χ2v) is 7.35. The van der Waals surface area contributed by atoms with E-state index in [1.54, 1.807) is 0 Å². The van der Waals surface area contributed by atoms with Crippen LogP contribution >= 0.6 is 0 Å². The van der Waals surface area contributed by atoms with E-state index in [4.69, 9.17) is 9.26 Å². The minimum atomic E-state index is -0.150. The van der Waals surface area contributed by atoms with E-state index in [1.807, 2.05) is 18.2 Å². The molecule has 1 saturated heterocycles. The summed E-state index contributed by atoms with van der Waals surface area (Å²) in [5.41, 5.74) is 3.04. The highest BCUT2D eigenvalue weighted by atomic mass is 16.5. The number of hydrogen-bond acceptors (Lipinski definition) is 6. The third kappa shape index (κ3) is 3.07. The smallest absolute Gasteiger partial charge is 0.255 e. The van der Waals surface area contributed by atoms with Crippen molar-refractivity contribution in [1.82, 2.24) is 15.5 Å². The molecule has 2 aliphatic heterocycles. The second-order valence-electron chi connectivity index (χ2n) is 7.35. The third-order valence-electron chi connectivity index (χ3n) is 5.35. The number of fused-ring (bicyclic) bond motifs is 1. The molecule has 2 atom stereocenters. The standard InChI is InChI=1S/C19H22N4O3/c24-18(13-3-5-15-12(9-13)7-8-20-15)21-10-14-4-6-16(25-14)19-22-17(23-26-19)11-1-2-11/h3,5,9,11,14,16,20H,1-2,4,6-8,10H2,(H,21,24)/t14-,16+/m0/s1. The topological polar surface area (TPSA) is 89.3 Å². The van der Waals surface area contributed by atoms with Crippen LogP contribution in [0.4, 0.5) is 5.69 Å². The van der Waals surface area contributed by atoms with Gasteiger partial charge in [0.15, 0.2) is 5.82 Å². The Kier molecular flexibility index (Phi) is 3.89. The summed E-state index contributed by atoms with van der Waals surface area (Å²) in [4.78, 5) is 16.9. The van der Waals surface area contributed by atoms with Gasteiger partial charge in [-0.3, -0.25) is 4.79 Å². The quantitative estimate of drug-likeness (QED) is 0.858. The van der Waals surface area contributed by atoms with Gasteiger partial charge in [-0.1, -0.05) is 5.16 Å². The van der Waals surface area contributed by atoms with Gasteiger partial charge in [-0.05, 0) is 55.9 Å². The Morgan fingerprint density at radius 1 is 1.27 bits per heavy atom. The van der Waals surface area contributed by atoms with Crippen LogP contribution in [0.5, 0.6) is 0 Å². The van der Waals surface area contributed by atoms with Gasteiger partial charge >= 0.3 is 0 Å². The molecule has 7 nitrogen and oxygen atoms in total. The molecule has 1 amide bonds. The molecule has 0 bridgehead atoms. The first-order valence-electron chi connectivity index (χ1n) is 9.40. The van der Waals surface area contributed by atoms with Crippen LogP contribution < -0.4 is 10.6 Å². The molecule has 7 heteroatoms. The van der Waals surface area contributed by atoms with Gasteiger partial charge in [-0.15, -0.1) is 0 Å². The fourth-order valence-electron chi connectivity index (χ4n) is 3.68. The lowest BCUT2D eigenvalue weighted by Crippen LogP contribution is -2.31. The van der Waals surface area contributed by atoms with Crippen LogP contribution in [0.15, 0.2) is 22.7 Å². The van der Waals surface area contributed by atoms with Crippen molar-refractivity contribution in [3.8, 4) is 0 Å². The molecule has 136 valence electrons. The summed E-state index contributed by atoms with van der Waals surface area (Å²) < 4.78 is 11.4. The van der Waals surface area contributed by atoms with Crippen LogP contribution in [0.3, 0.4) is 0 Å². The van der Waals surface area contributed by atoms with E-state index in [2.05, 4.69) is 20.8 Å². The van der Waals surface area contributed by atoms with Gasteiger partial charge in [0.2, 0.25) is 0 Å². The van der Waals surface area contributed by atoms with Crippen molar-refractivity contribution in [2.24, 2.45) is 0 Å². The fraction of sp³-hybridized carbons (Fsp3) is 0.526. The van der Waals surface area contributed by atoms with E-state index in [1.165, 1.54) is 5.56 Å². The van der Waals surface area contributed by atoms with Crippen molar-refractivity contribution in [2.75, 3.05) is 18.4 Å². The molecule has 2 fully saturated rings. The molecule has 0 unspecified atom stereocenters. The summed E-state index contributed by atoms with van der Waals surface area (Å²) in [6.07, 6.45) is 4.82. The maximum Gasteiger partial charge on any atom is 0.255 e. The second kappa shape index (κ2) is 6.39. The average Bonchev–Trinajstić information content (AvgIpc) is 3.07. The molecule has 1 saturated carbocycles. The Morgan fingerprint density at radius 2 is 2.19 bits per heavy atom. The van der Waals surface area contributed by atoms with E-state index in [9.17, 15) is 4.79 Å². The van der Waals surface area contributed by atoms with Crippen LogP contribution in [-0.4, -0.2) is 35.2 Å². The van der Waals surface area contributed by atoms with Gasteiger partial charge in [-0.2, -0.15) is 4.98 Å². The zero-order chi connectivity index (χ0) is 17.5. The minimum Gasteiger partial charge on any atom is -0.384 e. The first kappa shape index (κ1) is 15.8. The molecule has 3 aliphatic rings. The van der Waals surface area contributed by atoms with E-state index in [0.717, 1.165) is 50.2 Å². The summed E-state index contributed by atoms with van der Waals surface area (Å²) in [6.45, 7) is 1.43. The molecule has 0 radical (unpaired) electrons. The number of carbonyl (C=O) groups excluding carboxylic acids is 1. The summed E-state index contributed by atoms with van der Waals surface area (Å²) in [5, 5.41) is 10.3. The van der Waals surface area contributed by atoms with E-state index >= 15 is 0 Å². The maximum atomic E-state index is 12.4. The van der Waals surface area contributed by atoms with Crippen LogP contribution in [0.25, 0.3) is 0 Å². The highest BCUT2D eigenvalue weighted by Gasteiger charge is 2.34. The number of hydrogen-bond donors (Lipinski definition) is 2. The van der Waals surface area contributed by atoms with E-state index < -0.39 is 0 Å². The zero-order valence-corrected chi connectivity index (χ0v) is 14.5. The number of rotatable bonds is 5. The van der Waals surface area contributed by atoms with Crippen LogP contribution in [0.2, 0.25) is 0 Å². The van der Waals surface area contributed by atoms with Crippen molar-refractivity contribution in [2.45, 2.75) is 50.2 Å². The molecule has 1 aromatic carbocycles. The predicted octanol–water partition coefficient (Wildman–Crippen LogP) is 2.57. The van der Waals surface area contributed by atoms with Gasteiger partial charge in [0.05, 0.1) is 6.10 Å². The molecule has 1 aromatic heterocycles. The van der Waals surface area contributed by atoms with Crippen LogP contribution in [0.1, 0.15) is 65.3 Å². The lowest BCUT2D eigenvalue weighted by Gasteiger charge is -2.13. The average molecular weight is 354 g/mol. The molecule has 26 heavy (non-hydrogen) atoms. The summed E-state index contributed by atoms with van der Waals surface area (Å²) >= 11 is 0. The van der Waals surface area contributed by atoms with E-state index in [0.29, 0.717) is 23.9 Å². The highest BCUT2D eigenvalue weighted by Crippen LogP contribution is 2.39.